The van der Waals surface area contributed by atoms with Crippen molar-refractivity contribution in [1.29, 1.82) is 0 Å². The van der Waals surface area contributed by atoms with E-state index in [1.165, 1.54) is 0 Å². The summed E-state index contributed by atoms with van der Waals surface area (Å²) in [5.41, 5.74) is 3.11. The van der Waals surface area contributed by atoms with Crippen LogP contribution in [-0.2, 0) is 27.7 Å². The molecule has 0 bridgehead atoms. The van der Waals surface area contributed by atoms with Crippen molar-refractivity contribution in [2.75, 3.05) is 18.6 Å². The molecule has 0 N–H and O–H groups in total. The number of hydrogen-bond acceptors (Lipinski definition) is 6. The van der Waals surface area contributed by atoms with Gasteiger partial charge in [0.15, 0.2) is 9.84 Å². The molecule has 9 heteroatoms. The number of rotatable bonds is 5. The highest BCUT2D eigenvalue weighted by Gasteiger charge is 2.32. The van der Waals surface area contributed by atoms with Crippen molar-refractivity contribution >= 4 is 27.1 Å². The van der Waals surface area contributed by atoms with Gasteiger partial charge in [-0.2, -0.15) is 0 Å². The zero-order valence-electron chi connectivity index (χ0n) is 16.3. The van der Waals surface area contributed by atoms with Crippen molar-refractivity contribution in [3.63, 3.8) is 0 Å². The van der Waals surface area contributed by atoms with E-state index in [0.29, 0.717) is 19.6 Å². The summed E-state index contributed by atoms with van der Waals surface area (Å²) in [6, 6.07) is 7.96. The fraction of sp³-hybridized carbons (Fsp3) is 0.350. The predicted molar refractivity (Wildman–Crippen MR) is 112 cm³/mol. The van der Waals surface area contributed by atoms with Crippen LogP contribution >= 0.6 is 11.3 Å². The first-order valence-corrected chi connectivity index (χ1v) is 12.2. The Balaban J connectivity index is 1.67. The lowest BCUT2D eigenvalue weighted by molar-refractivity contribution is -0.129. The van der Waals surface area contributed by atoms with Gasteiger partial charge in [0.1, 0.15) is 11.6 Å². The van der Waals surface area contributed by atoms with Crippen molar-refractivity contribution in [1.82, 2.24) is 19.4 Å². The molecular weight excluding hydrogens is 408 g/mol. The highest BCUT2D eigenvalue weighted by molar-refractivity contribution is 7.91. The number of benzene rings is 1. The number of carbonyl (C=O) groups is 1. The highest BCUT2D eigenvalue weighted by Crippen LogP contribution is 2.33. The topological polar surface area (TPSA) is 85.2 Å². The molecule has 0 saturated heterocycles. The van der Waals surface area contributed by atoms with E-state index in [1.54, 1.807) is 22.4 Å². The van der Waals surface area contributed by atoms with Crippen LogP contribution in [0.1, 0.15) is 33.6 Å². The van der Waals surface area contributed by atoms with E-state index >= 15 is 0 Å². The van der Waals surface area contributed by atoms with Crippen LogP contribution in [0.25, 0.3) is 0 Å². The van der Waals surface area contributed by atoms with Gasteiger partial charge in [0.2, 0.25) is 5.91 Å². The largest absolute Gasteiger partial charge is 0.336 e. The number of sulfone groups is 1. The van der Waals surface area contributed by atoms with E-state index in [2.05, 4.69) is 20.6 Å². The number of carbonyl (C=O) groups excluding carboxylic acids is 1. The Bertz CT molecular complexity index is 1150. The lowest BCUT2D eigenvalue weighted by Gasteiger charge is -2.34. The summed E-state index contributed by atoms with van der Waals surface area (Å²) in [5, 5.41) is 3.05. The number of amides is 1. The number of nitrogens with zero attached hydrogens (tertiary/aromatic N) is 4. The van der Waals surface area contributed by atoms with Gasteiger partial charge in [0, 0.05) is 37.1 Å². The molecule has 1 amide bonds. The Labute approximate surface area is 174 Å². The van der Waals surface area contributed by atoms with Crippen LogP contribution < -0.4 is 0 Å². The molecule has 1 aromatic carbocycles. The molecule has 1 aliphatic heterocycles. The average molecular weight is 431 g/mol. The molecule has 1 unspecified atom stereocenters. The van der Waals surface area contributed by atoms with Gasteiger partial charge in [-0.15, -0.1) is 11.3 Å². The van der Waals surface area contributed by atoms with E-state index in [0.717, 1.165) is 33.9 Å². The zero-order chi connectivity index (χ0) is 20.6. The Kier molecular flexibility index (Phi) is 5.26. The SMILES string of the molecule is Cc1nc(Cn2ccnc2C2CN(C(=O)CS(C)(=O)=O)Cc3ccccc32)cs1. The van der Waals surface area contributed by atoms with Crippen LogP contribution in [0.15, 0.2) is 42.0 Å². The van der Waals surface area contributed by atoms with Crippen LogP contribution in [0.4, 0.5) is 0 Å². The number of aryl methyl sites for hydroxylation is 1. The second kappa shape index (κ2) is 7.72. The van der Waals surface area contributed by atoms with Crippen molar-refractivity contribution < 1.29 is 13.2 Å². The number of hydrogen-bond donors (Lipinski definition) is 0. The first-order valence-electron chi connectivity index (χ1n) is 9.25. The summed E-state index contributed by atoms with van der Waals surface area (Å²) in [5.74, 6) is -0.132. The van der Waals surface area contributed by atoms with Crippen molar-refractivity contribution in [2.24, 2.45) is 0 Å². The van der Waals surface area contributed by atoms with Crippen molar-refractivity contribution in [3.8, 4) is 0 Å². The predicted octanol–water partition coefficient (Wildman–Crippen LogP) is 2.22. The smallest absolute Gasteiger partial charge is 0.238 e. The molecule has 3 aromatic rings. The Morgan fingerprint density at radius 3 is 2.83 bits per heavy atom. The van der Waals surface area contributed by atoms with Crippen molar-refractivity contribution in [2.45, 2.75) is 25.9 Å². The third-order valence-electron chi connectivity index (χ3n) is 4.99. The van der Waals surface area contributed by atoms with Crippen LogP contribution in [0.3, 0.4) is 0 Å². The molecule has 0 radical (unpaired) electrons. The molecular formula is C20H22N4O3S2. The average Bonchev–Trinajstić information content (AvgIpc) is 3.28. The van der Waals surface area contributed by atoms with Gasteiger partial charge in [-0.3, -0.25) is 4.79 Å². The molecule has 0 spiro atoms. The molecule has 7 nitrogen and oxygen atoms in total. The zero-order valence-corrected chi connectivity index (χ0v) is 17.9. The lowest BCUT2D eigenvalue weighted by atomic mass is 9.89. The maximum atomic E-state index is 12.6. The molecule has 2 aromatic heterocycles. The van der Waals surface area contributed by atoms with Crippen LogP contribution in [0, 0.1) is 6.92 Å². The van der Waals surface area contributed by atoms with E-state index in [-0.39, 0.29) is 11.8 Å². The first kappa shape index (κ1) is 19.8. The molecule has 0 saturated carbocycles. The Morgan fingerprint density at radius 1 is 1.31 bits per heavy atom. The number of fused-ring (bicyclic) bond motifs is 1. The molecule has 29 heavy (non-hydrogen) atoms. The van der Waals surface area contributed by atoms with Gasteiger partial charge < -0.3 is 9.47 Å². The third kappa shape index (κ3) is 4.40. The third-order valence-corrected chi connectivity index (χ3v) is 6.58. The van der Waals surface area contributed by atoms with E-state index in [1.807, 2.05) is 36.7 Å². The van der Waals surface area contributed by atoms with E-state index in [9.17, 15) is 13.2 Å². The lowest BCUT2D eigenvalue weighted by Crippen LogP contribution is -2.41. The normalized spacial score (nSPS) is 16.6. The van der Waals surface area contributed by atoms with Gasteiger partial charge in [-0.25, -0.2) is 18.4 Å². The minimum absolute atomic E-state index is 0.127. The van der Waals surface area contributed by atoms with Crippen LogP contribution in [-0.4, -0.2) is 52.3 Å². The number of thiazole rings is 1. The molecule has 4 rings (SSSR count). The number of imidazole rings is 1. The van der Waals surface area contributed by atoms with Crippen molar-refractivity contribution in [3.05, 3.63) is 69.7 Å². The second-order valence-electron chi connectivity index (χ2n) is 7.37. The Morgan fingerprint density at radius 2 is 2.10 bits per heavy atom. The monoisotopic (exact) mass is 430 g/mol. The molecule has 0 aliphatic carbocycles. The molecule has 3 heterocycles. The van der Waals surface area contributed by atoms with E-state index < -0.39 is 15.6 Å². The fourth-order valence-corrected chi connectivity index (χ4v) is 4.99. The Hall–Kier alpha value is -2.52. The summed E-state index contributed by atoms with van der Waals surface area (Å²) in [4.78, 5) is 23.4. The summed E-state index contributed by atoms with van der Waals surface area (Å²) >= 11 is 1.61. The van der Waals surface area contributed by atoms with Gasteiger partial charge >= 0.3 is 0 Å². The van der Waals surface area contributed by atoms with E-state index in [4.69, 9.17) is 0 Å². The van der Waals surface area contributed by atoms with Crippen LogP contribution in [0.2, 0.25) is 0 Å². The maximum absolute atomic E-state index is 12.6. The molecule has 1 aliphatic rings. The second-order valence-corrected chi connectivity index (χ2v) is 10.6. The summed E-state index contributed by atoms with van der Waals surface area (Å²) in [6.07, 6.45) is 4.77. The van der Waals surface area contributed by atoms with Gasteiger partial charge in [0.05, 0.1) is 23.2 Å². The van der Waals surface area contributed by atoms with Gasteiger partial charge in [-0.05, 0) is 18.1 Å². The maximum Gasteiger partial charge on any atom is 0.238 e. The fourth-order valence-electron chi connectivity index (χ4n) is 3.75. The highest BCUT2D eigenvalue weighted by atomic mass is 32.2. The van der Waals surface area contributed by atoms with Gasteiger partial charge in [-0.1, -0.05) is 24.3 Å². The summed E-state index contributed by atoms with van der Waals surface area (Å²) < 4.78 is 25.3. The summed E-state index contributed by atoms with van der Waals surface area (Å²) in [7, 11) is -3.39. The first-order chi connectivity index (χ1) is 13.8. The molecule has 0 fully saturated rings. The summed E-state index contributed by atoms with van der Waals surface area (Å²) in [6.45, 7) is 3.40. The van der Waals surface area contributed by atoms with Crippen LogP contribution in [0.5, 0.6) is 0 Å². The standard InChI is InChI=1S/C20H22N4O3S2/c1-14-22-16(12-28-14)10-23-8-7-21-20(23)18-11-24(19(25)13-29(2,26)27)9-15-5-3-4-6-17(15)18/h3-8,12,18H,9-11,13H2,1-2H3. The molecule has 152 valence electrons. The number of aromatic nitrogens is 3. The minimum atomic E-state index is -3.39. The minimum Gasteiger partial charge on any atom is -0.336 e. The quantitative estimate of drug-likeness (QED) is 0.620. The molecule has 1 atom stereocenters. The van der Waals surface area contributed by atoms with Gasteiger partial charge in [0.25, 0.3) is 0 Å².